The summed E-state index contributed by atoms with van der Waals surface area (Å²) >= 11 is 0. The average Bonchev–Trinajstić information content (AvgIpc) is 3.26. The van der Waals surface area contributed by atoms with Gasteiger partial charge in [-0.3, -0.25) is 5.10 Å². The van der Waals surface area contributed by atoms with E-state index < -0.39 is 29.6 Å². The van der Waals surface area contributed by atoms with Gasteiger partial charge in [0.25, 0.3) is 0 Å². The van der Waals surface area contributed by atoms with Crippen LogP contribution in [0, 0.1) is 17.1 Å². The van der Waals surface area contributed by atoms with Gasteiger partial charge in [-0.15, -0.1) is 0 Å². The second-order valence-corrected chi connectivity index (χ2v) is 9.46. The number of halogens is 1. The van der Waals surface area contributed by atoms with Crippen molar-refractivity contribution in [2.45, 2.75) is 45.9 Å². The number of hydrogen-bond donors (Lipinski definition) is 2. The molecule has 0 aliphatic carbocycles. The third-order valence-electron chi connectivity index (χ3n) is 5.38. The van der Waals surface area contributed by atoms with Crippen molar-refractivity contribution < 1.29 is 28.2 Å². The number of carbonyl (C=O) groups excluding carboxylic acids is 2. The number of esters is 1. The number of benzene rings is 1. The molecule has 0 spiro atoms. The Morgan fingerprint density at radius 3 is 2.63 bits per heavy atom. The van der Waals surface area contributed by atoms with E-state index in [0.717, 1.165) is 6.07 Å². The van der Waals surface area contributed by atoms with Crippen LogP contribution in [-0.4, -0.2) is 51.9 Å². The largest absolute Gasteiger partial charge is 0.482 e. The van der Waals surface area contributed by atoms with Crippen molar-refractivity contribution in [3.05, 3.63) is 58.8 Å². The summed E-state index contributed by atoms with van der Waals surface area (Å²) in [6, 6.07) is 7.21. The number of nitrogen functional groups attached to an aromatic ring is 1. The summed E-state index contributed by atoms with van der Waals surface area (Å²) in [4.78, 5) is 30.2. The molecular weight excluding hydrogens is 495 g/mol. The molecule has 2 heterocycles. The van der Waals surface area contributed by atoms with Crippen LogP contribution in [0.5, 0.6) is 5.75 Å². The lowest BCUT2D eigenvalue weighted by atomic mass is 10.0. The van der Waals surface area contributed by atoms with Gasteiger partial charge in [0.05, 0.1) is 24.9 Å². The third-order valence-corrected chi connectivity index (χ3v) is 5.38. The lowest BCUT2D eigenvalue weighted by molar-refractivity contribution is 0.0283. The second-order valence-electron chi connectivity index (χ2n) is 9.46. The van der Waals surface area contributed by atoms with E-state index in [9.17, 15) is 19.2 Å². The number of rotatable bonds is 7. The number of nitrogens with one attached hydrogen (secondary N) is 1. The number of aromatic amines is 1. The molecule has 200 valence electrons. The molecule has 0 saturated carbocycles. The Labute approximate surface area is 219 Å². The zero-order valence-electron chi connectivity index (χ0n) is 22.0. The van der Waals surface area contributed by atoms with Crippen LogP contribution < -0.4 is 10.5 Å². The van der Waals surface area contributed by atoms with E-state index in [1.165, 1.54) is 30.3 Å². The second kappa shape index (κ2) is 11.2. The zero-order chi connectivity index (χ0) is 28.2. The minimum Gasteiger partial charge on any atom is -0.482 e. The van der Waals surface area contributed by atoms with Crippen LogP contribution in [-0.2, 0) is 16.0 Å². The van der Waals surface area contributed by atoms with Gasteiger partial charge in [0.1, 0.15) is 23.6 Å². The Hall–Kier alpha value is -4.66. The van der Waals surface area contributed by atoms with Gasteiger partial charge in [0.15, 0.2) is 17.3 Å². The van der Waals surface area contributed by atoms with Crippen molar-refractivity contribution in [1.29, 1.82) is 5.26 Å². The van der Waals surface area contributed by atoms with Crippen LogP contribution in [0.4, 0.5) is 15.0 Å². The number of hydrogen-bond acceptors (Lipinski definition) is 9. The van der Waals surface area contributed by atoms with Gasteiger partial charge in [0, 0.05) is 29.9 Å². The summed E-state index contributed by atoms with van der Waals surface area (Å²) in [5.41, 5.74) is 7.12. The van der Waals surface area contributed by atoms with Gasteiger partial charge in [-0.05, 0) is 52.0 Å². The van der Waals surface area contributed by atoms with E-state index in [4.69, 9.17) is 19.9 Å². The molecular formula is C26H29FN6O5. The van der Waals surface area contributed by atoms with Crippen LogP contribution in [0.3, 0.4) is 0 Å². The first-order chi connectivity index (χ1) is 17.8. The number of nitriles is 1. The van der Waals surface area contributed by atoms with Gasteiger partial charge >= 0.3 is 12.1 Å². The van der Waals surface area contributed by atoms with Gasteiger partial charge in [-0.1, -0.05) is 0 Å². The highest BCUT2D eigenvalue weighted by atomic mass is 19.1. The molecule has 3 N–H and O–H groups in total. The third kappa shape index (κ3) is 6.36. The molecule has 0 aliphatic heterocycles. The number of H-pyrrole nitrogens is 1. The maximum atomic E-state index is 14.0. The van der Waals surface area contributed by atoms with E-state index in [2.05, 4.69) is 15.2 Å². The molecule has 3 rings (SSSR count). The molecule has 11 nitrogen and oxygen atoms in total. The molecule has 3 aromatic rings. The molecule has 0 radical (unpaired) electrons. The smallest absolute Gasteiger partial charge is 0.410 e. The van der Waals surface area contributed by atoms with Crippen molar-refractivity contribution >= 4 is 17.9 Å². The normalized spacial score (nSPS) is 11.8. The molecule has 0 bridgehead atoms. The molecule has 2 aromatic heterocycles. The van der Waals surface area contributed by atoms with Gasteiger partial charge in [0.2, 0.25) is 0 Å². The highest BCUT2D eigenvalue weighted by Crippen LogP contribution is 2.34. The van der Waals surface area contributed by atoms with Crippen LogP contribution in [0.15, 0.2) is 30.5 Å². The Morgan fingerprint density at radius 1 is 1.29 bits per heavy atom. The zero-order valence-corrected chi connectivity index (χ0v) is 22.0. The summed E-state index contributed by atoms with van der Waals surface area (Å²) in [5.74, 6) is -1.04. The number of carbonyl (C=O) groups is 2. The fraction of sp³-hybridized carbons (Fsp3) is 0.346. The van der Waals surface area contributed by atoms with E-state index in [1.807, 2.05) is 6.07 Å². The van der Waals surface area contributed by atoms with Crippen LogP contribution in [0.2, 0.25) is 0 Å². The van der Waals surface area contributed by atoms with Gasteiger partial charge < -0.3 is 24.8 Å². The molecule has 0 aliphatic rings. The fourth-order valence-electron chi connectivity index (χ4n) is 3.63. The topological polar surface area (TPSA) is 156 Å². The summed E-state index contributed by atoms with van der Waals surface area (Å²) in [6.45, 7) is 6.95. The summed E-state index contributed by atoms with van der Waals surface area (Å²) in [7, 11) is 2.78. The molecule has 1 atom stereocenters. The molecule has 1 aromatic carbocycles. The molecule has 0 saturated heterocycles. The number of nitrogens with zero attached hydrogens (tertiary/aromatic N) is 4. The Balaban J connectivity index is 1.95. The number of amides is 1. The quantitative estimate of drug-likeness (QED) is 0.429. The fourth-order valence-corrected chi connectivity index (χ4v) is 3.63. The highest BCUT2D eigenvalue weighted by molar-refractivity contribution is 5.91. The first kappa shape index (κ1) is 27.9. The van der Waals surface area contributed by atoms with Crippen molar-refractivity contribution in [2.24, 2.45) is 0 Å². The SMILES string of the molecule is COC(=O)c1ccc(F)cc1C(C)Oc1cc(-c2c(C#N)n[nH]c2CN(C)C(=O)OC(C)(C)C)cnc1N. The predicted octanol–water partition coefficient (Wildman–Crippen LogP) is 4.36. The van der Waals surface area contributed by atoms with Crippen LogP contribution in [0.25, 0.3) is 11.1 Å². The molecule has 12 heteroatoms. The molecule has 1 unspecified atom stereocenters. The maximum absolute atomic E-state index is 14.0. The minimum atomic E-state index is -0.822. The number of anilines is 1. The lowest BCUT2D eigenvalue weighted by Gasteiger charge is -2.24. The van der Waals surface area contributed by atoms with Crippen LogP contribution >= 0.6 is 0 Å². The van der Waals surface area contributed by atoms with Crippen molar-refractivity contribution in [3.63, 3.8) is 0 Å². The number of ether oxygens (including phenoxy) is 3. The number of nitrogens with two attached hydrogens (primary N) is 1. The lowest BCUT2D eigenvalue weighted by Crippen LogP contribution is -2.34. The van der Waals surface area contributed by atoms with Gasteiger partial charge in [-0.2, -0.15) is 10.4 Å². The average molecular weight is 525 g/mol. The summed E-state index contributed by atoms with van der Waals surface area (Å²) in [5, 5.41) is 16.5. The maximum Gasteiger partial charge on any atom is 0.410 e. The minimum absolute atomic E-state index is 0.0334. The molecule has 38 heavy (non-hydrogen) atoms. The predicted molar refractivity (Wildman–Crippen MR) is 135 cm³/mol. The molecule has 1 amide bonds. The monoisotopic (exact) mass is 524 g/mol. The van der Waals surface area contributed by atoms with Crippen LogP contribution in [0.1, 0.15) is 61.1 Å². The van der Waals surface area contributed by atoms with E-state index in [0.29, 0.717) is 16.8 Å². The Kier molecular flexibility index (Phi) is 8.20. The molecule has 0 fully saturated rings. The van der Waals surface area contributed by atoms with Gasteiger partial charge in [-0.25, -0.2) is 19.0 Å². The number of methoxy groups -OCH3 is 1. The first-order valence-corrected chi connectivity index (χ1v) is 11.6. The van der Waals surface area contributed by atoms with Crippen molar-refractivity contribution in [1.82, 2.24) is 20.1 Å². The van der Waals surface area contributed by atoms with E-state index in [-0.39, 0.29) is 34.9 Å². The van der Waals surface area contributed by atoms with Crippen molar-refractivity contribution in [3.8, 4) is 22.9 Å². The summed E-state index contributed by atoms with van der Waals surface area (Å²) in [6.07, 6.45) is 0.0652. The van der Waals surface area contributed by atoms with Crippen molar-refractivity contribution in [2.75, 3.05) is 19.9 Å². The Bertz CT molecular complexity index is 1390. The number of aromatic nitrogens is 3. The summed E-state index contributed by atoms with van der Waals surface area (Å²) < 4.78 is 30.2. The van der Waals surface area contributed by atoms with E-state index in [1.54, 1.807) is 40.8 Å². The standard InChI is InChI=1S/C26H29FN6O5/c1-14(18-10-16(27)7-8-17(18)24(34)36-6)37-21-9-15(12-30-23(21)29)22-19(11-28)31-32-20(22)13-33(5)25(35)38-26(2,3)4/h7-10,12,14H,13H2,1-6H3,(H2,29,30)(H,31,32). The highest BCUT2D eigenvalue weighted by Gasteiger charge is 2.24. The Morgan fingerprint density at radius 2 is 2.00 bits per heavy atom. The van der Waals surface area contributed by atoms with E-state index >= 15 is 0 Å². The first-order valence-electron chi connectivity index (χ1n) is 11.6. The number of pyridine rings is 1.